The van der Waals surface area contributed by atoms with Crippen molar-refractivity contribution in [2.45, 2.75) is 0 Å². The summed E-state index contributed by atoms with van der Waals surface area (Å²) in [7, 11) is 0. The van der Waals surface area contributed by atoms with Crippen LogP contribution in [0.2, 0.25) is 0 Å². The number of para-hydroxylation sites is 2. The lowest BCUT2D eigenvalue weighted by Gasteiger charge is -2.13. The average Bonchev–Trinajstić information content (AvgIpc) is 3.74. The molecule has 0 aliphatic rings. The molecule has 8 aromatic carbocycles. The number of hydrogen-bond donors (Lipinski definition) is 0. The second-order valence-corrected chi connectivity index (χ2v) is 13.5. The van der Waals surface area contributed by atoms with E-state index in [2.05, 4.69) is 179 Å². The number of benzene rings is 8. The predicted molar refractivity (Wildman–Crippen MR) is 216 cm³/mol. The summed E-state index contributed by atoms with van der Waals surface area (Å²) in [5.74, 6) is 0.655. The number of aromatic nitrogens is 4. The third kappa shape index (κ3) is 4.34. The molecule has 0 saturated carbocycles. The lowest BCUT2D eigenvalue weighted by atomic mass is 9.97. The van der Waals surface area contributed by atoms with Gasteiger partial charge in [-0.25, -0.2) is 9.97 Å². The minimum absolute atomic E-state index is 0.655. The molecule has 242 valence electrons. The van der Waals surface area contributed by atoms with Crippen LogP contribution in [0.4, 0.5) is 0 Å². The van der Waals surface area contributed by atoms with Gasteiger partial charge in [0.05, 0.1) is 33.5 Å². The highest BCUT2D eigenvalue weighted by molar-refractivity contribution is 6.25. The van der Waals surface area contributed by atoms with Crippen molar-refractivity contribution in [3.8, 4) is 45.3 Å². The van der Waals surface area contributed by atoms with Gasteiger partial charge in [0.2, 0.25) is 5.95 Å². The van der Waals surface area contributed by atoms with Crippen molar-refractivity contribution >= 4 is 54.4 Å². The first-order valence-corrected chi connectivity index (χ1v) is 17.7. The van der Waals surface area contributed by atoms with Crippen LogP contribution in [-0.2, 0) is 0 Å². The summed E-state index contributed by atoms with van der Waals surface area (Å²) in [5.41, 5.74) is 11.9. The Kier molecular flexibility index (Phi) is 6.22. The van der Waals surface area contributed by atoms with Crippen LogP contribution in [0.3, 0.4) is 0 Å². The van der Waals surface area contributed by atoms with Crippen molar-refractivity contribution in [1.29, 1.82) is 0 Å². The van der Waals surface area contributed by atoms with Crippen molar-refractivity contribution in [2.75, 3.05) is 0 Å². The van der Waals surface area contributed by atoms with Gasteiger partial charge >= 0.3 is 0 Å². The normalized spacial score (nSPS) is 11.8. The molecule has 0 saturated heterocycles. The fourth-order valence-electron chi connectivity index (χ4n) is 8.13. The molecule has 3 aromatic heterocycles. The molecule has 4 nitrogen and oxygen atoms in total. The molecule has 0 spiro atoms. The van der Waals surface area contributed by atoms with Gasteiger partial charge in [-0.3, -0.25) is 4.57 Å². The average molecular weight is 663 g/mol. The van der Waals surface area contributed by atoms with Crippen LogP contribution in [0, 0.1) is 0 Å². The second kappa shape index (κ2) is 11.2. The Morgan fingerprint density at radius 3 is 1.67 bits per heavy atom. The monoisotopic (exact) mass is 662 g/mol. The van der Waals surface area contributed by atoms with E-state index in [9.17, 15) is 0 Å². The Hall–Kier alpha value is -7.04. The van der Waals surface area contributed by atoms with Gasteiger partial charge < -0.3 is 4.57 Å². The van der Waals surface area contributed by atoms with Gasteiger partial charge in [-0.2, -0.15) is 0 Å². The molecule has 4 heteroatoms. The lowest BCUT2D eigenvalue weighted by molar-refractivity contribution is 0.996. The van der Waals surface area contributed by atoms with E-state index in [-0.39, 0.29) is 0 Å². The number of fused-ring (bicyclic) bond motifs is 3. The third-order valence-electron chi connectivity index (χ3n) is 10.5. The first kappa shape index (κ1) is 28.8. The van der Waals surface area contributed by atoms with E-state index in [4.69, 9.17) is 9.97 Å². The summed E-state index contributed by atoms with van der Waals surface area (Å²) < 4.78 is 4.65. The molecule has 11 rings (SSSR count). The van der Waals surface area contributed by atoms with Crippen LogP contribution < -0.4 is 0 Å². The number of rotatable bonds is 5. The van der Waals surface area contributed by atoms with E-state index in [0.717, 1.165) is 50.4 Å². The Morgan fingerprint density at radius 1 is 0.327 bits per heavy atom. The van der Waals surface area contributed by atoms with Crippen molar-refractivity contribution in [3.63, 3.8) is 0 Å². The molecule has 0 radical (unpaired) electrons. The van der Waals surface area contributed by atoms with E-state index >= 15 is 0 Å². The first-order valence-electron chi connectivity index (χ1n) is 17.7. The quantitative estimate of drug-likeness (QED) is 0.172. The van der Waals surface area contributed by atoms with Gasteiger partial charge in [0.15, 0.2) is 0 Å². The lowest BCUT2D eigenvalue weighted by Crippen LogP contribution is -2.04. The Bertz CT molecular complexity index is 3040. The minimum atomic E-state index is 0.655. The molecular formula is C48H30N4. The fourth-order valence-corrected chi connectivity index (χ4v) is 8.13. The van der Waals surface area contributed by atoms with Crippen molar-refractivity contribution in [3.05, 3.63) is 182 Å². The molecule has 0 aliphatic carbocycles. The molecule has 52 heavy (non-hydrogen) atoms. The van der Waals surface area contributed by atoms with Crippen LogP contribution in [0.15, 0.2) is 182 Å². The number of nitrogens with zero attached hydrogens (tertiary/aromatic N) is 4. The largest absolute Gasteiger partial charge is 0.309 e. The van der Waals surface area contributed by atoms with Gasteiger partial charge in [-0.05, 0) is 70.4 Å². The van der Waals surface area contributed by atoms with Crippen LogP contribution in [-0.4, -0.2) is 19.1 Å². The van der Waals surface area contributed by atoms with Crippen molar-refractivity contribution in [1.82, 2.24) is 19.1 Å². The summed E-state index contributed by atoms with van der Waals surface area (Å²) in [5, 5.41) is 7.35. The smallest absolute Gasteiger partial charge is 0.235 e. The molecular weight excluding hydrogens is 633 g/mol. The molecule has 0 fully saturated rings. The SMILES string of the molecule is c1ccc(-c2cc(-c3ccccc3)nc(-n3c4cccc5ccc6cc(-c7ccc8c9ccccc9n(-c9ccccc9)c8c7)cc3c6c54)n2)cc1. The van der Waals surface area contributed by atoms with Gasteiger partial charge in [0.25, 0.3) is 0 Å². The maximum Gasteiger partial charge on any atom is 0.235 e. The second-order valence-electron chi connectivity index (χ2n) is 13.5. The first-order chi connectivity index (χ1) is 25.8. The summed E-state index contributed by atoms with van der Waals surface area (Å²) in [6.07, 6.45) is 0. The molecule has 0 N–H and O–H groups in total. The molecule has 0 aliphatic heterocycles. The highest BCUT2D eigenvalue weighted by Gasteiger charge is 2.21. The highest BCUT2D eigenvalue weighted by atomic mass is 15.2. The van der Waals surface area contributed by atoms with Gasteiger partial charge in [-0.1, -0.05) is 133 Å². The minimum Gasteiger partial charge on any atom is -0.309 e. The Morgan fingerprint density at radius 2 is 0.923 bits per heavy atom. The summed E-state index contributed by atoms with van der Waals surface area (Å²) >= 11 is 0. The zero-order valence-corrected chi connectivity index (χ0v) is 28.1. The van der Waals surface area contributed by atoms with Crippen molar-refractivity contribution in [2.24, 2.45) is 0 Å². The zero-order chi connectivity index (χ0) is 34.2. The molecule has 0 amide bonds. The van der Waals surface area contributed by atoms with Crippen LogP contribution in [0.25, 0.3) is 99.7 Å². The van der Waals surface area contributed by atoms with E-state index in [1.807, 2.05) is 12.1 Å². The molecule has 0 unspecified atom stereocenters. The summed E-state index contributed by atoms with van der Waals surface area (Å²) in [6, 6.07) is 64.8. The predicted octanol–water partition coefficient (Wildman–Crippen LogP) is 12.3. The summed E-state index contributed by atoms with van der Waals surface area (Å²) in [6.45, 7) is 0. The molecule has 3 heterocycles. The van der Waals surface area contributed by atoms with Gasteiger partial charge in [0.1, 0.15) is 0 Å². The van der Waals surface area contributed by atoms with Crippen LogP contribution in [0.1, 0.15) is 0 Å². The molecule has 11 aromatic rings. The van der Waals surface area contributed by atoms with Gasteiger partial charge in [-0.15, -0.1) is 0 Å². The topological polar surface area (TPSA) is 35.6 Å². The maximum absolute atomic E-state index is 5.29. The van der Waals surface area contributed by atoms with Crippen LogP contribution in [0.5, 0.6) is 0 Å². The van der Waals surface area contributed by atoms with E-state index in [1.165, 1.54) is 43.4 Å². The highest BCUT2D eigenvalue weighted by Crippen LogP contribution is 2.42. The maximum atomic E-state index is 5.29. The third-order valence-corrected chi connectivity index (χ3v) is 10.5. The Labute approximate surface area is 299 Å². The van der Waals surface area contributed by atoms with E-state index < -0.39 is 0 Å². The molecule has 0 bridgehead atoms. The molecule has 0 atom stereocenters. The standard InChI is InChI=1S/C48H30N4/c1-4-13-31(14-5-1)40-30-41(32-15-6-2-7-16-32)50-48(49-40)52-43-22-12-17-33-23-24-35-27-36(29-45(52)47(35)46(33)43)34-25-26-39-38-20-10-11-21-42(38)51(44(39)28-34)37-18-8-3-9-19-37/h1-30H. The van der Waals surface area contributed by atoms with Crippen molar-refractivity contribution < 1.29 is 0 Å². The van der Waals surface area contributed by atoms with Crippen LogP contribution >= 0.6 is 0 Å². The number of hydrogen-bond acceptors (Lipinski definition) is 2. The fraction of sp³-hybridized carbons (Fsp3) is 0. The van der Waals surface area contributed by atoms with E-state index in [0.29, 0.717) is 5.95 Å². The van der Waals surface area contributed by atoms with E-state index in [1.54, 1.807) is 0 Å². The van der Waals surface area contributed by atoms with Gasteiger partial charge in [0, 0.05) is 38.4 Å². The zero-order valence-electron chi connectivity index (χ0n) is 28.1. The Balaban J connectivity index is 1.20. The summed E-state index contributed by atoms with van der Waals surface area (Å²) in [4.78, 5) is 10.6.